The molecular weight excluding hydrogens is 232 g/mol. The lowest BCUT2D eigenvalue weighted by Gasteiger charge is -2.02. The maximum Gasteiger partial charge on any atom is 0.224 e. The van der Waals surface area contributed by atoms with Crippen molar-refractivity contribution in [3.63, 3.8) is 0 Å². The third-order valence-corrected chi connectivity index (χ3v) is 3.38. The van der Waals surface area contributed by atoms with Gasteiger partial charge in [0.05, 0.1) is 17.2 Å². The van der Waals surface area contributed by atoms with Gasteiger partial charge in [-0.05, 0) is 19.8 Å². The van der Waals surface area contributed by atoms with Crippen LogP contribution in [0.4, 0.5) is 0 Å². The van der Waals surface area contributed by atoms with Crippen LogP contribution in [0.2, 0.25) is 0 Å². The second-order valence-corrected chi connectivity index (χ2v) is 5.10. The van der Waals surface area contributed by atoms with Crippen molar-refractivity contribution in [1.82, 2.24) is 10.3 Å². The molecule has 1 aromatic rings. The Labute approximate surface area is 107 Å². The van der Waals surface area contributed by atoms with Gasteiger partial charge in [0.2, 0.25) is 5.91 Å². The van der Waals surface area contributed by atoms with Crippen molar-refractivity contribution in [1.29, 1.82) is 0 Å². The van der Waals surface area contributed by atoms with Gasteiger partial charge in [-0.3, -0.25) is 4.79 Å². The molecule has 0 aliphatic carbocycles. The number of amides is 1. The zero-order chi connectivity index (χ0) is 12.7. The molecule has 94 valence electrons. The largest absolute Gasteiger partial charge is 0.351 e. The van der Waals surface area contributed by atoms with Crippen LogP contribution in [0.5, 0.6) is 0 Å². The van der Waals surface area contributed by atoms with Crippen LogP contribution in [0.1, 0.15) is 42.3 Å². The Morgan fingerprint density at radius 3 is 2.82 bits per heavy atom. The number of thiazole rings is 1. The summed E-state index contributed by atoms with van der Waals surface area (Å²) in [7, 11) is 0. The molecule has 0 atom stereocenters. The van der Waals surface area contributed by atoms with Crippen LogP contribution in [0.15, 0.2) is 12.2 Å². The Kier molecular flexibility index (Phi) is 5.91. The minimum Gasteiger partial charge on any atom is -0.351 e. The molecule has 1 rings (SSSR count). The smallest absolute Gasteiger partial charge is 0.224 e. The number of nitrogens with one attached hydrogen (secondary N) is 1. The molecule has 0 saturated carbocycles. The van der Waals surface area contributed by atoms with E-state index in [2.05, 4.69) is 24.1 Å². The summed E-state index contributed by atoms with van der Waals surface area (Å²) in [5.74, 6) is 0.0720. The molecule has 0 unspecified atom stereocenters. The van der Waals surface area contributed by atoms with Crippen molar-refractivity contribution < 1.29 is 4.79 Å². The summed E-state index contributed by atoms with van der Waals surface area (Å²) in [6.45, 7) is 6.75. The first-order valence-electron chi connectivity index (χ1n) is 6.04. The van der Waals surface area contributed by atoms with Crippen molar-refractivity contribution in [3.8, 4) is 0 Å². The van der Waals surface area contributed by atoms with E-state index in [4.69, 9.17) is 0 Å². The number of carbonyl (C=O) groups is 1. The molecule has 1 heterocycles. The SMILES string of the molecule is CCC=CCC(=O)NCc1sc(C)nc1CC. The van der Waals surface area contributed by atoms with E-state index in [0.29, 0.717) is 13.0 Å². The zero-order valence-electron chi connectivity index (χ0n) is 10.7. The number of hydrogen-bond acceptors (Lipinski definition) is 3. The van der Waals surface area contributed by atoms with Crippen LogP contribution in [-0.4, -0.2) is 10.9 Å². The molecule has 3 nitrogen and oxygen atoms in total. The lowest BCUT2D eigenvalue weighted by molar-refractivity contribution is -0.120. The minimum absolute atomic E-state index is 0.0720. The molecule has 0 radical (unpaired) electrons. The van der Waals surface area contributed by atoms with Gasteiger partial charge in [-0.25, -0.2) is 4.98 Å². The van der Waals surface area contributed by atoms with Gasteiger partial charge in [-0.2, -0.15) is 0 Å². The van der Waals surface area contributed by atoms with Gasteiger partial charge in [0.1, 0.15) is 0 Å². The lowest BCUT2D eigenvalue weighted by Crippen LogP contribution is -2.21. The number of aromatic nitrogens is 1. The van der Waals surface area contributed by atoms with Gasteiger partial charge in [0.25, 0.3) is 0 Å². The van der Waals surface area contributed by atoms with E-state index in [-0.39, 0.29) is 5.91 Å². The molecule has 0 aliphatic heterocycles. The van der Waals surface area contributed by atoms with E-state index in [1.54, 1.807) is 11.3 Å². The van der Waals surface area contributed by atoms with Gasteiger partial charge in [-0.1, -0.05) is 26.0 Å². The van der Waals surface area contributed by atoms with Crippen LogP contribution in [0.3, 0.4) is 0 Å². The molecule has 17 heavy (non-hydrogen) atoms. The molecule has 1 aromatic heterocycles. The van der Waals surface area contributed by atoms with E-state index >= 15 is 0 Å². The summed E-state index contributed by atoms with van der Waals surface area (Å²) in [5.41, 5.74) is 1.11. The quantitative estimate of drug-likeness (QED) is 0.791. The normalized spacial score (nSPS) is 11.0. The average Bonchev–Trinajstić information content (AvgIpc) is 2.67. The Hall–Kier alpha value is -1.16. The molecule has 1 amide bonds. The maximum atomic E-state index is 11.5. The third-order valence-electron chi connectivity index (χ3n) is 2.37. The van der Waals surface area contributed by atoms with Gasteiger partial charge in [-0.15, -0.1) is 11.3 Å². The lowest BCUT2D eigenvalue weighted by atomic mass is 10.3. The van der Waals surface area contributed by atoms with E-state index in [9.17, 15) is 4.79 Å². The van der Waals surface area contributed by atoms with Crippen LogP contribution < -0.4 is 5.32 Å². The zero-order valence-corrected chi connectivity index (χ0v) is 11.6. The van der Waals surface area contributed by atoms with Gasteiger partial charge in [0, 0.05) is 11.3 Å². The summed E-state index contributed by atoms with van der Waals surface area (Å²) >= 11 is 1.67. The maximum absolute atomic E-state index is 11.5. The molecular formula is C13H20N2OS. The van der Waals surface area contributed by atoms with Gasteiger partial charge >= 0.3 is 0 Å². The van der Waals surface area contributed by atoms with E-state index in [1.807, 2.05) is 19.1 Å². The molecule has 1 N–H and O–H groups in total. The van der Waals surface area contributed by atoms with Crippen molar-refractivity contribution in [2.75, 3.05) is 0 Å². The highest BCUT2D eigenvalue weighted by atomic mass is 32.1. The van der Waals surface area contributed by atoms with Crippen molar-refractivity contribution >= 4 is 17.2 Å². The highest BCUT2D eigenvalue weighted by molar-refractivity contribution is 7.11. The van der Waals surface area contributed by atoms with Crippen molar-refractivity contribution in [2.45, 2.75) is 46.6 Å². The fourth-order valence-corrected chi connectivity index (χ4v) is 2.50. The fraction of sp³-hybridized carbons (Fsp3) is 0.538. The summed E-state index contributed by atoms with van der Waals surface area (Å²) in [6, 6.07) is 0. The van der Waals surface area contributed by atoms with E-state index < -0.39 is 0 Å². The molecule has 0 bridgehead atoms. The minimum atomic E-state index is 0.0720. The fourth-order valence-electron chi connectivity index (χ4n) is 1.53. The predicted octanol–water partition coefficient (Wildman–Crippen LogP) is 2.99. The van der Waals surface area contributed by atoms with Crippen molar-refractivity contribution in [3.05, 3.63) is 27.7 Å². The van der Waals surface area contributed by atoms with Crippen LogP contribution in [0, 0.1) is 6.92 Å². The van der Waals surface area contributed by atoms with Crippen LogP contribution in [0.25, 0.3) is 0 Å². The van der Waals surface area contributed by atoms with Crippen molar-refractivity contribution in [2.24, 2.45) is 0 Å². The number of rotatable bonds is 6. The Balaban J connectivity index is 2.44. The summed E-state index contributed by atoms with van der Waals surface area (Å²) in [6.07, 6.45) is 6.28. The Morgan fingerprint density at radius 2 is 2.18 bits per heavy atom. The number of hydrogen-bond donors (Lipinski definition) is 1. The monoisotopic (exact) mass is 252 g/mol. The predicted molar refractivity (Wildman–Crippen MR) is 72.1 cm³/mol. The topological polar surface area (TPSA) is 42.0 Å². The summed E-state index contributed by atoms with van der Waals surface area (Å²) < 4.78 is 0. The van der Waals surface area contributed by atoms with E-state index in [1.165, 1.54) is 4.88 Å². The van der Waals surface area contributed by atoms with Gasteiger partial charge in [0.15, 0.2) is 0 Å². The first-order chi connectivity index (χ1) is 8.17. The number of aryl methyl sites for hydroxylation is 2. The summed E-state index contributed by atoms with van der Waals surface area (Å²) in [4.78, 5) is 17.1. The third kappa shape index (κ3) is 4.69. The summed E-state index contributed by atoms with van der Waals surface area (Å²) in [5, 5.41) is 3.99. The molecule has 0 spiro atoms. The number of allylic oxidation sites excluding steroid dienone is 1. The second-order valence-electron chi connectivity index (χ2n) is 3.82. The first kappa shape index (κ1) is 13.9. The Bertz CT molecular complexity index is 396. The molecule has 0 aliphatic rings. The highest BCUT2D eigenvalue weighted by Crippen LogP contribution is 2.18. The molecule has 0 fully saturated rings. The highest BCUT2D eigenvalue weighted by Gasteiger charge is 2.08. The van der Waals surface area contributed by atoms with Crippen LogP contribution >= 0.6 is 11.3 Å². The standard InChI is InChI=1S/C13H20N2OS/c1-4-6-7-8-13(16)14-9-12-11(5-2)15-10(3)17-12/h6-7H,4-5,8-9H2,1-3H3,(H,14,16). The number of carbonyl (C=O) groups excluding carboxylic acids is 1. The van der Waals surface area contributed by atoms with Gasteiger partial charge < -0.3 is 5.32 Å². The van der Waals surface area contributed by atoms with Crippen LogP contribution in [-0.2, 0) is 17.8 Å². The second kappa shape index (κ2) is 7.22. The molecule has 4 heteroatoms. The molecule has 0 saturated heterocycles. The number of nitrogens with zero attached hydrogens (tertiary/aromatic N) is 1. The first-order valence-corrected chi connectivity index (χ1v) is 6.85. The average molecular weight is 252 g/mol. The Morgan fingerprint density at radius 1 is 1.41 bits per heavy atom. The molecule has 0 aromatic carbocycles. The van der Waals surface area contributed by atoms with E-state index in [0.717, 1.165) is 23.5 Å².